The molecule has 2 heterocycles. The van der Waals surface area contributed by atoms with E-state index < -0.39 is 16.0 Å². The number of sulfonamides is 1. The number of esters is 1. The van der Waals surface area contributed by atoms with E-state index in [0.29, 0.717) is 13.1 Å². The molecule has 7 nitrogen and oxygen atoms in total. The van der Waals surface area contributed by atoms with Gasteiger partial charge in [0.2, 0.25) is 0 Å². The van der Waals surface area contributed by atoms with Gasteiger partial charge in [0.15, 0.2) is 6.61 Å². The highest BCUT2D eigenvalue weighted by molar-refractivity contribution is 7.94. The third kappa shape index (κ3) is 4.86. The fraction of sp³-hybridized carbons (Fsp3) is 0.333. The molecule has 1 aromatic carbocycles. The molecule has 0 saturated carbocycles. The number of anilines is 1. The molecule has 1 N–H and O–H groups in total. The number of carbonyl (C=O) groups is 2. The van der Waals surface area contributed by atoms with Crippen molar-refractivity contribution < 1.29 is 22.7 Å². The van der Waals surface area contributed by atoms with Crippen LogP contribution in [0.1, 0.15) is 29.6 Å². The molecule has 9 heteroatoms. The van der Waals surface area contributed by atoms with Gasteiger partial charge >= 0.3 is 5.97 Å². The molecule has 0 unspecified atom stereocenters. The van der Waals surface area contributed by atoms with Crippen LogP contribution in [0.2, 0.25) is 0 Å². The van der Waals surface area contributed by atoms with Crippen LogP contribution in [0.15, 0.2) is 46.0 Å². The van der Waals surface area contributed by atoms with Crippen LogP contribution in [0.5, 0.6) is 0 Å². The van der Waals surface area contributed by atoms with Crippen molar-refractivity contribution in [2.75, 3.05) is 24.4 Å². The first-order chi connectivity index (χ1) is 13.0. The normalized spacial score (nSPS) is 14.6. The Kier molecular flexibility index (Phi) is 6.12. The Morgan fingerprint density at radius 3 is 2.52 bits per heavy atom. The molecule has 1 saturated heterocycles. The highest BCUT2D eigenvalue weighted by Crippen LogP contribution is 2.23. The van der Waals surface area contributed by atoms with Gasteiger partial charge in [0, 0.05) is 13.1 Å². The Bertz CT molecular complexity index is 904. The molecule has 27 heavy (non-hydrogen) atoms. The average molecular weight is 409 g/mol. The quantitative estimate of drug-likeness (QED) is 0.742. The fourth-order valence-corrected chi connectivity index (χ4v) is 4.87. The monoisotopic (exact) mass is 408 g/mol. The van der Waals surface area contributed by atoms with Crippen molar-refractivity contribution in [2.45, 2.75) is 23.5 Å². The summed E-state index contributed by atoms with van der Waals surface area (Å²) in [4.78, 5) is 26.2. The smallest absolute Gasteiger partial charge is 0.340 e. The lowest BCUT2D eigenvalue weighted by atomic mass is 10.1. The molecule has 1 amide bonds. The number of piperidine rings is 1. The van der Waals surface area contributed by atoms with Gasteiger partial charge in [-0.2, -0.15) is 0 Å². The number of carbonyl (C=O) groups excluding carboxylic acids is 2. The van der Waals surface area contributed by atoms with E-state index in [1.807, 2.05) is 0 Å². The van der Waals surface area contributed by atoms with E-state index in [2.05, 4.69) is 4.72 Å². The van der Waals surface area contributed by atoms with Crippen molar-refractivity contribution >= 4 is 38.9 Å². The lowest BCUT2D eigenvalue weighted by Crippen LogP contribution is -2.38. The molecule has 2 aromatic rings. The summed E-state index contributed by atoms with van der Waals surface area (Å²) >= 11 is 1.08. The van der Waals surface area contributed by atoms with Crippen molar-refractivity contribution in [1.29, 1.82) is 0 Å². The van der Waals surface area contributed by atoms with Crippen molar-refractivity contribution in [2.24, 2.45) is 0 Å². The molecule has 1 fully saturated rings. The molecule has 0 bridgehead atoms. The molecule has 1 aliphatic rings. The molecule has 0 radical (unpaired) electrons. The summed E-state index contributed by atoms with van der Waals surface area (Å²) in [6, 6.07) is 9.26. The Balaban J connectivity index is 1.68. The molecular weight excluding hydrogens is 388 g/mol. The summed E-state index contributed by atoms with van der Waals surface area (Å²) in [5, 5.41) is 1.65. The minimum absolute atomic E-state index is 0.0593. The van der Waals surface area contributed by atoms with Gasteiger partial charge in [-0.05, 0) is 42.8 Å². The molecular formula is C18H20N2O5S2. The van der Waals surface area contributed by atoms with E-state index in [1.165, 1.54) is 18.2 Å². The van der Waals surface area contributed by atoms with Crippen LogP contribution in [-0.4, -0.2) is 44.9 Å². The van der Waals surface area contributed by atoms with Gasteiger partial charge in [-0.1, -0.05) is 18.2 Å². The minimum atomic E-state index is -3.79. The van der Waals surface area contributed by atoms with Gasteiger partial charge in [0.25, 0.3) is 15.9 Å². The lowest BCUT2D eigenvalue weighted by Gasteiger charge is -2.26. The second-order valence-corrected chi connectivity index (χ2v) is 8.96. The largest absolute Gasteiger partial charge is 0.452 e. The molecule has 144 valence electrons. The maximum absolute atomic E-state index is 12.4. The van der Waals surface area contributed by atoms with Crippen molar-refractivity contribution in [3.63, 3.8) is 0 Å². The minimum Gasteiger partial charge on any atom is -0.452 e. The van der Waals surface area contributed by atoms with Crippen LogP contribution >= 0.6 is 11.3 Å². The zero-order chi connectivity index (χ0) is 19.3. The van der Waals surface area contributed by atoms with Gasteiger partial charge in [0.05, 0.1) is 11.3 Å². The van der Waals surface area contributed by atoms with E-state index in [0.717, 1.165) is 30.6 Å². The van der Waals surface area contributed by atoms with Crippen LogP contribution in [0.3, 0.4) is 0 Å². The summed E-state index contributed by atoms with van der Waals surface area (Å²) < 4.78 is 32.5. The van der Waals surface area contributed by atoms with Crippen LogP contribution in [-0.2, 0) is 19.6 Å². The molecule has 0 spiro atoms. The van der Waals surface area contributed by atoms with E-state index in [-0.39, 0.29) is 28.0 Å². The van der Waals surface area contributed by atoms with Crippen LogP contribution in [0.25, 0.3) is 0 Å². The van der Waals surface area contributed by atoms with Crippen molar-refractivity contribution in [3.8, 4) is 0 Å². The maximum Gasteiger partial charge on any atom is 0.340 e. The summed E-state index contributed by atoms with van der Waals surface area (Å²) in [5.74, 6) is -0.982. The summed E-state index contributed by atoms with van der Waals surface area (Å²) in [5.41, 5.74) is 0.172. The Morgan fingerprint density at radius 1 is 1.07 bits per heavy atom. The van der Waals surface area contributed by atoms with E-state index in [9.17, 15) is 18.0 Å². The SMILES string of the molecule is O=C(OCC(=O)N1CCCCC1)c1ccccc1NS(=O)(=O)c1cccs1. The number of nitrogens with one attached hydrogen (secondary N) is 1. The summed E-state index contributed by atoms with van der Waals surface area (Å²) in [7, 11) is -3.79. The zero-order valence-corrected chi connectivity index (χ0v) is 16.2. The number of nitrogens with zero attached hydrogens (tertiary/aromatic N) is 1. The standard InChI is InChI=1S/C18H20N2O5S2/c21-16(20-10-4-1-5-11-20)13-25-18(22)14-7-2-3-8-15(14)19-27(23,24)17-9-6-12-26-17/h2-3,6-9,12,19H,1,4-5,10-11,13H2. The average Bonchev–Trinajstić information content (AvgIpc) is 3.22. The molecule has 1 aromatic heterocycles. The highest BCUT2D eigenvalue weighted by atomic mass is 32.2. The third-order valence-electron chi connectivity index (χ3n) is 4.19. The summed E-state index contributed by atoms with van der Waals surface area (Å²) in [6.45, 7) is 0.992. The Morgan fingerprint density at radius 2 is 1.81 bits per heavy atom. The van der Waals surface area contributed by atoms with Gasteiger partial charge in [-0.3, -0.25) is 9.52 Å². The van der Waals surface area contributed by atoms with E-state index >= 15 is 0 Å². The number of likely N-dealkylation sites (tertiary alicyclic amines) is 1. The predicted molar refractivity (Wildman–Crippen MR) is 102 cm³/mol. The number of rotatable bonds is 6. The van der Waals surface area contributed by atoms with Crippen LogP contribution < -0.4 is 4.72 Å². The first-order valence-electron chi connectivity index (χ1n) is 8.57. The number of amides is 1. The van der Waals surface area contributed by atoms with Gasteiger partial charge in [0.1, 0.15) is 4.21 Å². The first kappa shape index (κ1) is 19.4. The van der Waals surface area contributed by atoms with Gasteiger partial charge in [-0.25, -0.2) is 13.2 Å². The Labute approximate surface area is 162 Å². The third-order valence-corrected chi connectivity index (χ3v) is 6.95. The number of benzene rings is 1. The predicted octanol–water partition coefficient (Wildman–Crippen LogP) is 2.72. The zero-order valence-electron chi connectivity index (χ0n) is 14.6. The molecule has 3 rings (SSSR count). The number of ether oxygens (including phenoxy) is 1. The number of para-hydroxylation sites is 1. The maximum atomic E-state index is 12.4. The summed E-state index contributed by atoms with van der Waals surface area (Å²) in [6.07, 6.45) is 3.00. The van der Waals surface area contributed by atoms with Crippen molar-refractivity contribution in [3.05, 3.63) is 47.3 Å². The van der Waals surface area contributed by atoms with E-state index in [4.69, 9.17) is 4.74 Å². The van der Waals surface area contributed by atoms with Crippen LogP contribution in [0, 0.1) is 0 Å². The second-order valence-electron chi connectivity index (χ2n) is 6.10. The van der Waals surface area contributed by atoms with E-state index in [1.54, 1.807) is 28.5 Å². The fourth-order valence-electron chi connectivity index (χ4n) is 2.80. The van der Waals surface area contributed by atoms with Crippen LogP contribution in [0.4, 0.5) is 5.69 Å². The topological polar surface area (TPSA) is 92.8 Å². The van der Waals surface area contributed by atoms with Crippen molar-refractivity contribution in [1.82, 2.24) is 4.90 Å². The van der Waals surface area contributed by atoms with Gasteiger partial charge in [-0.15, -0.1) is 11.3 Å². The van der Waals surface area contributed by atoms with Gasteiger partial charge < -0.3 is 9.64 Å². The molecule has 0 atom stereocenters. The number of thiophene rings is 1. The first-order valence-corrected chi connectivity index (χ1v) is 10.9. The molecule has 1 aliphatic heterocycles. The molecule has 0 aliphatic carbocycles. The number of hydrogen-bond donors (Lipinski definition) is 1. The Hall–Kier alpha value is -2.39. The lowest BCUT2D eigenvalue weighted by molar-refractivity contribution is -0.135. The second kappa shape index (κ2) is 8.53. The highest BCUT2D eigenvalue weighted by Gasteiger charge is 2.22. The number of hydrogen-bond acceptors (Lipinski definition) is 6.